The molecular formula is C10H17NO5. The topological polar surface area (TPSA) is 84.9 Å². The number of carboxylic acids is 1. The van der Waals surface area contributed by atoms with Crippen LogP contribution >= 0.6 is 0 Å². The van der Waals surface area contributed by atoms with Gasteiger partial charge in [0.2, 0.25) is 0 Å². The fourth-order valence-electron chi connectivity index (χ4n) is 2.06. The van der Waals surface area contributed by atoms with Crippen molar-refractivity contribution in [2.45, 2.75) is 31.4 Å². The van der Waals surface area contributed by atoms with E-state index in [0.29, 0.717) is 6.42 Å². The molecule has 1 fully saturated rings. The van der Waals surface area contributed by atoms with Crippen LogP contribution in [-0.2, 0) is 14.3 Å². The van der Waals surface area contributed by atoms with Crippen molar-refractivity contribution in [2.24, 2.45) is 5.92 Å². The minimum atomic E-state index is -1.04. The highest BCUT2D eigenvalue weighted by atomic mass is 16.5. The molecule has 0 heterocycles. The number of carbonyl (C=O) groups is 2. The monoisotopic (exact) mass is 231 g/mol. The maximum atomic E-state index is 11.0. The first-order chi connectivity index (χ1) is 7.58. The van der Waals surface area contributed by atoms with Crippen LogP contribution in [0.5, 0.6) is 0 Å². The Bertz CT molecular complexity index is 268. The Morgan fingerprint density at radius 2 is 2.06 bits per heavy atom. The van der Waals surface area contributed by atoms with Crippen LogP contribution in [0.25, 0.3) is 0 Å². The Hall–Kier alpha value is -1.30. The molecule has 2 N–H and O–H groups in total. The summed E-state index contributed by atoms with van der Waals surface area (Å²) in [5, 5.41) is 11.4. The molecule has 92 valence electrons. The summed E-state index contributed by atoms with van der Waals surface area (Å²) in [6.45, 7) is 0. The van der Waals surface area contributed by atoms with Gasteiger partial charge in [-0.25, -0.2) is 9.59 Å². The molecule has 0 aromatic carbocycles. The largest absolute Gasteiger partial charge is 0.480 e. The second-order valence-corrected chi connectivity index (χ2v) is 3.88. The highest BCUT2D eigenvalue weighted by Crippen LogP contribution is 2.30. The summed E-state index contributed by atoms with van der Waals surface area (Å²) >= 11 is 0. The molecule has 6 heteroatoms. The molecule has 0 radical (unpaired) electrons. The van der Waals surface area contributed by atoms with E-state index in [9.17, 15) is 9.59 Å². The predicted octanol–water partition coefficient (Wildman–Crippen LogP) is 0.611. The lowest BCUT2D eigenvalue weighted by Gasteiger charge is -2.20. The van der Waals surface area contributed by atoms with Crippen LogP contribution in [0, 0.1) is 5.92 Å². The maximum Gasteiger partial charge on any atom is 0.407 e. The quantitative estimate of drug-likeness (QED) is 0.740. The lowest BCUT2D eigenvalue weighted by Crippen LogP contribution is -2.45. The Morgan fingerprint density at radius 1 is 1.38 bits per heavy atom. The van der Waals surface area contributed by atoms with E-state index in [1.165, 1.54) is 7.11 Å². The molecule has 6 nitrogen and oxygen atoms in total. The summed E-state index contributed by atoms with van der Waals surface area (Å²) in [6, 6.07) is -0.896. The van der Waals surface area contributed by atoms with Crippen LogP contribution in [-0.4, -0.2) is 43.5 Å². The predicted molar refractivity (Wildman–Crippen MR) is 55.1 cm³/mol. The van der Waals surface area contributed by atoms with Gasteiger partial charge in [0, 0.05) is 7.11 Å². The standard InChI is InChI=1S/C10H17NO5/c1-15-7-4-3-6(5-7)8(9(12)13)11-10(14)16-2/h6-8H,3-5H2,1-2H3,(H,11,14)(H,12,13). The van der Waals surface area contributed by atoms with Crippen molar-refractivity contribution in [1.29, 1.82) is 0 Å². The fraction of sp³-hybridized carbons (Fsp3) is 0.800. The van der Waals surface area contributed by atoms with Crippen LogP contribution in [0.3, 0.4) is 0 Å². The first-order valence-electron chi connectivity index (χ1n) is 5.18. The SMILES string of the molecule is COC(=O)NC(C(=O)O)C1CCC(OC)C1. The average molecular weight is 231 g/mol. The molecular weight excluding hydrogens is 214 g/mol. The molecule has 16 heavy (non-hydrogen) atoms. The van der Waals surface area contributed by atoms with Gasteiger partial charge in [0.05, 0.1) is 13.2 Å². The zero-order valence-electron chi connectivity index (χ0n) is 9.43. The van der Waals surface area contributed by atoms with E-state index in [0.717, 1.165) is 12.8 Å². The van der Waals surface area contributed by atoms with Gasteiger partial charge in [-0.05, 0) is 25.2 Å². The van der Waals surface area contributed by atoms with Gasteiger partial charge in [-0.3, -0.25) is 0 Å². The number of alkyl carbamates (subject to hydrolysis) is 1. The number of ether oxygens (including phenoxy) is 2. The van der Waals surface area contributed by atoms with Crippen LogP contribution in [0.15, 0.2) is 0 Å². The number of nitrogens with one attached hydrogen (secondary N) is 1. The molecule has 0 aromatic rings. The fourth-order valence-corrected chi connectivity index (χ4v) is 2.06. The van der Waals surface area contributed by atoms with Gasteiger partial charge >= 0.3 is 12.1 Å². The average Bonchev–Trinajstić information content (AvgIpc) is 2.73. The Balaban J connectivity index is 2.57. The third-order valence-electron chi connectivity index (χ3n) is 2.95. The van der Waals surface area contributed by atoms with Gasteiger partial charge in [-0.15, -0.1) is 0 Å². The van der Waals surface area contributed by atoms with Crippen molar-refractivity contribution in [3.05, 3.63) is 0 Å². The van der Waals surface area contributed by atoms with E-state index < -0.39 is 18.1 Å². The Labute approximate surface area is 93.9 Å². The molecule has 1 aliphatic rings. The molecule has 1 aliphatic carbocycles. The maximum absolute atomic E-state index is 11.0. The zero-order chi connectivity index (χ0) is 12.1. The second kappa shape index (κ2) is 5.69. The third-order valence-corrected chi connectivity index (χ3v) is 2.95. The number of amides is 1. The van der Waals surface area contributed by atoms with E-state index >= 15 is 0 Å². The number of hydrogen-bond donors (Lipinski definition) is 2. The van der Waals surface area contributed by atoms with Crippen LogP contribution in [0.2, 0.25) is 0 Å². The van der Waals surface area contributed by atoms with Gasteiger partial charge < -0.3 is 19.9 Å². The van der Waals surface area contributed by atoms with Crippen molar-refractivity contribution in [3.63, 3.8) is 0 Å². The summed E-state index contributed by atoms with van der Waals surface area (Å²) in [6.07, 6.45) is 1.59. The van der Waals surface area contributed by atoms with Crippen molar-refractivity contribution in [3.8, 4) is 0 Å². The van der Waals surface area contributed by atoms with Gasteiger partial charge in [0.1, 0.15) is 6.04 Å². The third kappa shape index (κ3) is 3.10. The number of rotatable bonds is 4. The van der Waals surface area contributed by atoms with E-state index in [4.69, 9.17) is 9.84 Å². The van der Waals surface area contributed by atoms with Gasteiger partial charge in [-0.1, -0.05) is 0 Å². The molecule has 0 spiro atoms. The van der Waals surface area contributed by atoms with Gasteiger partial charge in [0.25, 0.3) is 0 Å². The number of methoxy groups -OCH3 is 2. The molecule has 0 saturated heterocycles. The first kappa shape index (κ1) is 12.8. The molecule has 1 rings (SSSR count). The molecule has 0 bridgehead atoms. The molecule has 1 saturated carbocycles. The molecule has 1 amide bonds. The highest BCUT2D eigenvalue weighted by Gasteiger charge is 2.36. The zero-order valence-corrected chi connectivity index (χ0v) is 9.43. The number of aliphatic carboxylic acids is 1. The molecule has 3 atom stereocenters. The first-order valence-corrected chi connectivity index (χ1v) is 5.18. The van der Waals surface area contributed by atoms with Crippen LogP contribution < -0.4 is 5.32 Å². The summed E-state index contributed by atoms with van der Waals surface area (Å²) in [4.78, 5) is 22.0. The van der Waals surface area contributed by atoms with Crippen molar-refractivity contribution >= 4 is 12.1 Å². The molecule has 3 unspecified atom stereocenters. The summed E-state index contributed by atoms with van der Waals surface area (Å²) in [5.74, 6) is -1.13. The van der Waals surface area contributed by atoms with Crippen molar-refractivity contribution in [2.75, 3.05) is 14.2 Å². The van der Waals surface area contributed by atoms with E-state index in [2.05, 4.69) is 10.1 Å². The minimum Gasteiger partial charge on any atom is -0.480 e. The van der Waals surface area contributed by atoms with E-state index in [1.807, 2.05) is 0 Å². The second-order valence-electron chi connectivity index (χ2n) is 3.88. The summed E-state index contributed by atoms with van der Waals surface area (Å²) in [7, 11) is 2.82. The van der Waals surface area contributed by atoms with Crippen LogP contribution in [0.1, 0.15) is 19.3 Å². The Kier molecular flexibility index (Phi) is 4.54. The smallest absolute Gasteiger partial charge is 0.407 e. The summed E-state index contributed by atoms with van der Waals surface area (Å²) < 4.78 is 9.56. The lowest BCUT2D eigenvalue weighted by molar-refractivity contribution is -0.140. The Morgan fingerprint density at radius 3 is 2.50 bits per heavy atom. The van der Waals surface area contributed by atoms with Crippen LogP contribution in [0.4, 0.5) is 4.79 Å². The lowest BCUT2D eigenvalue weighted by atomic mass is 9.98. The number of carbonyl (C=O) groups excluding carboxylic acids is 1. The number of carboxylic acid groups (broad SMARTS) is 1. The van der Waals surface area contributed by atoms with E-state index in [1.54, 1.807) is 7.11 Å². The molecule has 0 aromatic heterocycles. The highest BCUT2D eigenvalue weighted by molar-refractivity contribution is 5.80. The van der Waals surface area contributed by atoms with Crippen molar-refractivity contribution < 1.29 is 24.2 Å². The summed E-state index contributed by atoms with van der Waals surface area (Å²) in [5.41, 5.74) is 0. The normalized spacial score (nSPS) is 26.1. The van der Waals surface area contributed by atoms with Crippen molar-refractivity contribution in [1.82, 2.24) is 5.32 Å². The van der Waals surface area contributed by atoms with E-state index in [-0.39, 0.29) is 12.0 Å². The molecule has 0 aliphatic heterocycles. The van der Waals surface area contributed by atoms with Gasteiger partial charge in [0.15, 0.2) is 0 Å². The minimum absolute atomic E-state index is 0.0892. The van der Waals surface area contributed by atoms with Gasteiger partial charge in [-0.2, -0.15) is 0 Å². The number of hydrogen-bond acceptors (Lipinski definition) is 4.